The van der Waals surface area contributed by atoms with E-state index in [0.29, 0.717) is 17.0 Å². The first-order chi connectivity index (χ1) is 10.2. The summed E-state index contributed by atoms with van der Waals surface area (Å²) < 4.78 is 5.44. The van der Waals surface area contributed by atoms with Crippen molar-refractivity contribution in [3.63, 3.8) is 0 Å². The number of oxime groups is 1. The van der Waals surface area contributed by atoms with E-state index in [2.05, 4.69) is 5.16 Å². The highest BCUT2D eigenvalue weighted by molar-refractivity contribution is 6.26. The van der Waals surface area contributed by atoms with Crippen molar-refractivity contribution in [2.75, 3.05) is 26.1 Å². The van der Waals surface area contributed by atoms with Gasteiger partial charge in [0.25, 0.3) is 0 Å². The van der Waals surface area contributed by atoms with Gasteiger partial charge in [0.15, 0.2) is 0 Å². The van der Waals surface area contributed by atoms with E-state index in [1.54, 1.807) is 13.2 Å². The first-order valence-electron chi connectivity index (χ1n) is 7.11. The molecule has 0 saturated heterocycles. The van der Waals surface area contributed by atoms with E-state index >= 15 is 0 Å². The quantitative estimate of drug-likeness (QED) is 0.636. The Morgan fingerprint density at radius 2 is 1.95 bits per heavy atom. The number of carbonyl (C=O) groups excluding carboxylic acids is 1. The van der Waals surface area contributed by atoms with E-state index in [9.17, 15) is 4.79 Å². The van der Waals surface area contributed by atoms with Crippen LogP contribution in [0.4, 0.5) is 5.69 Å². The Balaban J connectivity index is 2.48. The molecule has 0 radical (unpaired) electrons. The van der Waals surface area contributed by atoms with Gasteiger partial charge in [0.05, 0.1) is 12.7 Å². The second-order valence-corrected chi connectivity index (χ2v) is 6.45. The Hall–Kier alpha value is -2.30. The summed E-state index contributed by atoms with van der Waals surface area (Å²) >= 11 is 0. The first-order valence-corrected chi connectivity index (χ1v) is 7.11. The molecular weight excluding hydrogens is 280 g/mol. The lowest BCUT2D eigenvalue weighted by atomic mass is 9.85. The molecular formula is C17H22N2O3. The van der Waals surface area contributed by atoms with Crippen LogP contribution in [0.1, 0.15) is 26.3 Å². The number of benzene rings is 1. The number of anilines is 1. The number of ether oxygens (including phenoxy) is 1. The fraction of sp³-hybridized carbons (Fsp3) is 0.412. The Morgan fingerprint density at radius 1 is 1.27 bits per heavy atom. The number of carbonyl (C=O) groups is 1. The second-order valence-electron chi connectivity index (χ2n) is 6.45. The molecule has 2 rings (SSSR count). The highest BCUT2D eigenvalue weighted by Crippen LogP contribution is 2.31. The topological polar surface area (TPSA) is 51.1 Å². The zero-order valence-electron chi connectivity index (χ0n) is 13.9. The minimum absolute atomic E-state index is 0.269. The first kappa shape index (κ1) is 16.1. The zero-order valence-corrected chi connectivity index (χ0v) is 13.9. The van der Waals surface area contributed by atoms with Crippen molar-refractivity contribution in [3.8, 4) is 5.75 Å². The third-order valence-corrected chi connectivity index (χ3v) is 3.44. The highest BCUT2D eigenvalue weighted by atomic mass is 16.7. The van der Waals surface area contributed by atoms with E-state index in [-0.39, 0.29) is 5.41 Å². The molecule has 1 aromatic carbocycles. The molecule has 0 fully saturated rings. The molecule has 0 saturated carbocycles. The fourth-order valence-corrected chi connectivity index (χ4v) is 2.20. The summed E-state index contributed by atoms with van der Waals surface area (Å²) in [6, 6.07) is 5.83. The minimum Gasteiger partial charge on any atom is -0.496 e. The molecule has 0 spiro atoms. The summed E-state index contributed by atoms with van der Waals surface area (Å²) in [5.41, 5.74) is 2.70. The van der Waals surface area contributed by atoms with Gasteiger partial charge < -0.3 is 14.5 Å². The van der Waals surface area contributed by atoms with Gasteiger partial charge in [-0.3, -0.25) is 0 Å². The number of rotatable bonds is 3. The Morgan fingerprint density at radius 3 is 2.50 bits per heavy atom. The van der Waals surface area contributed by atoms with Crippen molar-refractivity contribution in [3.05, 3.63) is 29.3 Å². The zero-order chi connectivity index (χ0) is 16.5. The Labute approximate surface area is 131 Å². The summed E-state index contributed by atoms with van der Waals surface area (Å²) in [6.07, 6.45) is 1.78. The predicted molar refractivity (Wildman–Crippen MR) is 88.3 cm³/mol. The number of hydrogen-bond donors (Lipinski definition) is 0. The molecule has 0 unspecified atom stereocenters. The molecule has 0 amide bonds. The van der Waals surface area contributed by atoms with Gasteiger partial charge in [-0.1, -0.05) is 25.9 Å². The van der Waals surface area contributed by atoms with Crippen molar-refractivity contribution in [1.82, 2.24) is 0 Å². The summed E-state index contributed by atoms with van der Waals surface area (Å²) in [4.78, 5) is 18.8. The van der Waals surface area contributed by atoms with Crippen molar-refractivity contribution in [1.29, 1.82) is 0 Å². The van der Waals surface area contributed by atoms with Crippen LogP contribution in [0.25, 0.3) is 6.08 Å². The van der Waals surface area contributed by atoms with Gasteiger partial charge in [0.2, 0.25) is 0 Å². The van der Waals surface area contributed by atoms with Crippen LogP contribution in [0.3, 0.4) is 0 Å². The monoisotopic (exact) mass is 302 g/mol. The molecule has 1 aromatic rings. The largest absolute Gasteiger partial charge is 0.496 e. The van der Waals surface area contributed by atoms with Crippen LogP contribution in [-0.4, -0.2) is 32.9 Å². The molecule has 1 aliphatic heterocycles. The van der Waals surface area contributed by atoms with Gasteiger partial charge in [-0.25, -0.2) is 4.79 Å². The molecule has 118 valence electrons. The van der Waals surface area contributed by atoms with Crippen molar-refractivity contribution < 1.29 is 14.4 Å². The fourth-order valence-electron chi connectivity index (χ4n) is 2.20. The normalized spacial score (nSPS) is 16.5. The molecule has 0 aromatic heterocycles. The van der Waals surface area contributed by atoms with Gasteiger partial charge in [-0.15, -0.1) is 0 Å². The van der Waals surface area contributed by atoms with E-state index in [1.165, 1.54) is 0 Å². The highest BCUT2D eigenvalue weighted by Gasteiger charge is 2.34. The molecule has 5 nitrogen and oxygen atoms in total. The van der Waals surface area contributed by atoms with Crippen LogP contribution >= 0.6 is 0 Å². The average molecular weight is 302 g/mol. The van der Waals surface area contributed by atoms with E-state index < -0.39 is 5.97 Å². The van der Waals surface area contributed by atoms with Crippen LogP contribution in [0.2, 0.25) is 0 Å². The molecule has 1 heterocycles. The van der Waals surface area contributed by atoms with Gasteiger partial charge in [-0.2, -0.15) is 0 Å². The molecule has 5 heteroatoms. The lowest BCUT2D eigenvalue weighted by Gasteiger charge is -2.18. The number of methoxy groups -OCH3 is 1. The third kappa shape index (κ3) is 3.13. The van der Waals surface area contributed by atoms with Crippen molar-refractivity contribution in [2.24, 2.45) is 10.6 Å². The van der Waals surface area contributed by atoms with Crippen LogP contribution in [0, 0.1) is 5.41 Å². The van der Waals surface area contributed by atoms with E-state index in [0.717, 1.165) is 11.3 Å². The van der Waals surface area contributed by atoms with Gasteiger partial charge in [0.1, 0.15) is 11.5 Å². The maximum Gasteiger partial charge on any atom is 0.367 e. The molecule has 22 heavy (non-hydrogen) atoms. The minimum atomic E-state index is -0.427. The maximum atomic E-state index is 12.0. The smallest absolute Gasteiger partial charge is 0.367 e. The number of nitrogens with zero attached hydrogens (tertiary/aromatic N) is 2. The maximum absolute atomic E-state index is 12.0. The van der Waals surface area contributed by atoms with Crippen molar-refractivity contribution >= 4 is 23.4 Å². The molecule has 0 bridgehead atoms. The SMILES string of the molecule is COc1cc(N(C)C)ccc1C=C1C(=O)ON=C1C(C)(C)C. The molecule has 0 atom stereocenters. The van der Waals surface area contributed by atoms with Gasteiger partial charge in [-0.05, 0) is 18.2 Å². The van der Waals surface area contributed by atoms with Crippen LogP contribution in [0.5, 0.6) is 5.75 Å². The summed E-state index contributed by atoms with van der Waals surface area (Å²) in [6.45, 7) is 5.98. The van der Waals surface area contributed by atoms with E-state index in [1.807, 2.05) is 58.0 Å². The molecule has 0 aliphatic carbocycles. The Kier molecular flexibility index (Phi) is 4.26. The third-order valence-electron chi connectivity index (χ3n) is 3.44. The van der Waals surface area contributed by atoms with Crippen LogP contribution in [0.15, 0.2) is 28.9 Å². The lowest BCUT2D eigenvalue weighted by Crippen LogP contribution is -2.22. The molecule has 1 aliphatic rings. The lowest BCUT2D eigenvalue weighted by molar-refractivity contribution is -0.136. The Bertz CT molecular complexity index is 652. The predicted octanol–water partition coefficient (Wildman–Crippen LogP) is 3.10. The van der Waals surface area contributed by atoms with Crippen LogP contribution in [-0.2, 0) is 9.63 Å². The molecule has 0 N–H and O–H groups in total. The summed E-state index contributed by atoms with van der Waals surface area (Å²) in [7, 11) is 5.54. The average Bonchev–Trinajstić information content (AvgIpc) is 2.80. The number of hydrogen-bond acceptors (Lipinski definition) is 5. The standard InChI is InChI=1S/C17H22N2O3/c1-17(2,3)15-13(16(20)22-18-15)9-11-7-8-12(19(4)5)10-14(11)21-6/h7-10H,1-6H3. The summed E-state index contributed by atoms with van der Waals surface area (Å²) in [5.74, 6) is 0.273. The summed E-state index contributed by atoms with van der Waals surface area (Å²) in [5, 5.41) is 3.92. The van der Waals surface area contributed by atoms with Gasteiger partial charge >= 0.3 is 5.97 Å². The van der Waals surface area contributed by atoms with E-state index in [4.69, 9.17) is 9.57 Å². The van der Waals surface area contributed by atoms with Crippen LogP contribution < -0.4 is 9.64 Å². The van der Waals surface area contributed by atoms with Gasteiger partial charge in [0, 0.05) is 36.8 Å². The second kappa shape index (κ2) is 5.83. The van der Waals surface area contributed by atoms with Crippen molar-refractivity contribution in [2.45, 2.75) is 20.8 Å².